The molecular formula is C27H23F3N2O3S. The molecule has 1 heterocycles. The van der Waals surface area contributed by atoms with Crippen LogP contribution in [0.1, 0.15) is 27.3 Å². The second-order valence-electron chi connectivity index (χ2n) is 8.12. The van der Waals surface area contributed by atoms with Gasteiger partial charge in [0.1, 0.15) is 5.01 Å². The van der Waals surface area contributed by atoms with E-state index in [2.05, 4.69) is 36.3 Å². The molecule has 0 atom stereocenters. The Morgan fingerprint density at radius 1 is 1.03 bits per heavy atom. The van der Waals surface area contributed by atoms with Crippen LogP contribution in [0, 0.1) is 13.8 Å². The Hall–Kier alpha value is -3.85. The van der Waals surface area contributed by atoms with Crippen LogP contribution in [0.15, 0.2) is 54.6 Å². The lowest BCUT2D eigenvalue weighted by atomic mass is 10.1. The lowest BCUT2D eigenvalue weighted by Gasteiger charge is -2.12. The summed E-state index contributed by atoms with van der Waals surface area (Å²) in [5.74, 6) is 0.154. The first-order chi connectivity index (χ1) is 17.1. The maximum absolute atomic E-state index is 12.9. The van der Waals surface area contributed by atoms with Gasteiger partial charge in [-0.3, -0.25) is 4.79 Å². The van der Waals surface area contributed by atoms with Gasteiger partial charge in [-0.05, 0) is 79.1 Å². The van der Waals surface area contributed by atoms with E-state index in [9.17, 15) is 18.0 Å². The highest BCUT2D eigenvalue weighted by Crippen LogP contribution is 2.32. The molecule has 1 N–H and O–H groups in total. The van der Waals surface area contributed by atoms with Crippen LogP contribution >= 0.6 is 11.3 Å². The number of thiazole rings is 1. The van der Waals surface area contributed by atoms with Crippen molar-refractivity contribution in [3.63, 3.8) is 0 Å². The van der Waals surface area contributed by atoms with E-state index in [0.29, 0.717) is 11.5 Å². The van der Waals surface area contributed by atoms with Crippen molar-refractivity contribution in [1.82, 2.24) is 4.98 Å². The van der Waals surface area contributed by atoms with Crippen LogP contribution in [0.2, 0.25) is 0 Å². The van der Waals surface area contributed by atoms with Gasteiger partial charge in [-0.25, -0.2) is 4.98 Å². The summed E-state index contributed by atoms with van der Waals surface area (Å²) in [7, 11) is 1.48. The van der Waals surface area contributed by atoms with E-state index in [0.717, 1.165) is 32.9 Å². The number of amides is 1. The zero-order valence-electron chi connectivity index (χ0n) is 19.8. The number of carbonyl (C=O) groups excluding carboxylic acids is 1. The molecule has 1 aromatic heterocycles. The summed E-state index contributed by atoms with van der Waals surface area (Å²) in [6.45, 7) is 3.75. The summed E-state index contributed by atoms with van der Waals surface area (Å²) < 4.78 is 50.6. The van der Waals surface area contributed by atoms with Crippen LogP contribution in [0.5, 0.6) is 11.5 Å². The molecule has 0 aliphatic carbocycles. The molecule has 1 amide bonds. The van der Waals surface area contributed by atoms with E-state index in [1.165, 1.54) is 30.4 Å². The molecule has 4 rings (SSSR count). The molecule has 0 aliphatic heterocycles. The number of hydrogen-bond donors (Lipinski definition) is 1. The largest absolute Gasteiger partial charge is 0.493 e. The van der Waals surface area contributed by atoms with Crippen molar-refractivity contribution in [3.8, 4) is 11.5 Å². The molecule has 9 heteroatoms. The Balaban J connectivity index is 1.41. The Bertz CT molecular complexity index is 1410. The number of aromatic nitrogens is 1. The van der Waals surface area contributed by atoms with Gasteiger partial charge in [0.2, 0.25) is 0 Å². The van der Waals surface area contributed by atoms with Gasteiger partial charge in [-0.15, -0.1) is 11.3 Å². The molecule has 0 saturated carbocycles. The van der Waals surface area contributed by atoms with Gasteiger partial charge in [0, 0.05) is 5.69 Å². The van der Waals surface area contributed by atoms with Crippen LogP contribution in [-0.2, 0) is 11.0 Å². The average Bonchev–Trinajstić information content (AvgIpc) is 3.23. The van der Waals surface area contributed by atoms with Crippen LogP contribution in [0.4, 0.5) is 18.9 Å². The number of rotatable bonds is 7. The number of nitrogens with one attached hydrogen (secondary N) is 1. The van der Waals surface area contributed by atoms with Crippen molar-refractivity contribution in [3.05, 3.63) is 81.9 Å². The number of nitrogens with zero attached hydrogens (tertiary/aromatic N) is 1. The maximum atomic E-state index is 12.9. The monoisotopic (exact) mass is 512 g/mol. The minimum absolute atomic E-state index is 0.0334. The number of alkyl halides is 3. The zero-order valence-corrected chi connectivity index (χ0v) is 20.6. The van der Waals surface area contributed by atoms with Crippen LogP contribution in [0.3, 0.4) is 0 Å². The van der Waals surface area contributed by atoms with Gasteiger partial charge in [-0.2, -0.15) is 13.2 Å². The molecule has 36 heavy (non-hydrogen) atoms. The maximum Gasteiger partial charge on any atom is 0.416 e. The number of anilines is 1. The fourth-order valence-corrected chi connectivity index (χ4v) is 4.41. The molecule has 0 radical (unpaired) electrons. The number of carbonyl (C=O) groups is 1. The third-order valence-electron chi connectivity index (χ3n) is 5.46. The summed E-state index contributed by atoms with van der Waals surface area (Å²) in [6, 6.07) is 13.9. The Kier molecular flexibility index (Phi) is 7.30. The van der Waals surface area contributed by atoms with Gasteiger partial charge >= 0.3 is 6.18 Å². The van der Waals surface area contributed by atoms with Crippen molar-refractivity contribution in [2.24, 2.45) is 0 Å². The fraction of sp³-hybridized carbons (Fsp3) is 0.185. The first-order valence-electron chi connectivity index (χ1n) is 11.0. The number of fused-ring (bicyclic) bond motifs is 1. The first-order valence-corrected chi connectivity index (χ1v) is 11.8. The molecule has 0 fully saturated rings. The summed E-state index contributed by atoms with van der Waals surface area (Å²) in [5.41, 5.74) is 3.43. The Morgan fingerprint density at radius 2 is 1.81 bits per heavy atom. The van der Waals surface area contributed by atoms with Gasteiger partial charge in [-0.1, -0.05) is 18.2 Å². The van der Waals surface area contributed by atoms with Gasteiger partial charge in [0.15, 0.2) is 18.1 Å². The lowest BCUT2D eigenvalue weighted by Crippen LogP contribution is -2.20. The molecule has 3 aromatic carbocycles. The summed E-state index contributed by atoms with van der Waals surface area (Å²) in [5, 5.41) is 3.28. The summed E-state index contributed by atoms with van der Waals surface area (Å²) in [4.78, 5) is 16.9. The van der Waals surface area contributed by atoms with Gasteiger partial charge < -0.3 is 14.8 Å². The van der Waals surface area contributed by atoms with Crippen molar-refractivity contribution in [1.29, 1.82) is 0 Å². The minimum atomic E-state index is -4.49. The molecule has 0 saturated heterocycles. The van der Waals surface area contributed by atoms with Gasteiger partial charge in [0.05, 0.1) is 22.9 Å². The van der Waals surface area contributed by atoms with Crippen LogP contribution < -0.4 is 14.8 Å². The molecule has 186 valence electrons. The standard InChI is InChI=1S/C27H23F3N2O3S/c1-16-11-21-24(12-17(16)2)36-26(32-21)10-8-18-7-9-22(23(13-18)34-3)35-15-25(33)31-20-6-4-5-19(14-20)27(28,29)30/h4-14H,15H2,1-3H3,(H,31,33). The third-order valence-corrected chi connectivity index (χ3v) is 6.44. The van der Waals surface area contributed by atoms with E-state index in [1.54, 1.807) is 29.5 Å². The van der Waals surface area contributed by atoms with E-state index >= 15 is 0 Å². The number of ether oxygens (including phenoxy) is 2. The molecular weight excluding hydrogens is 489 g/mol. The van der Waals surface area contributed by atoms with E-state index in [1.807, 2.05) is 12.2 Å². The predicted molar refractivity (Wildman–Crippen MR) is 137 cm³/mol. The summed E-state index contributed by atoms with van der Waals surface area (Å²) >= 11 is 1.61. The van der Waals surface area contributed by atoms with Gasteiger partial charge in [0.25, 0.3) is 5.91 Å². The molecule has 0 unspecified atom stereocenters. The SMILES string of the molecule is COc1cc(C=Cc2nc3cc(C)c(C)cc3s2)ccc1OCC(=O)Nc1cccc(C(F)(F)F)c1. The van der Waals surface area contributed by atoms with Crippen molar-refractivity contribution >= 4 is 45.3 Å². The number of benzene rings is 3. The van der Waals surface area contributed by atoms with Crippen molar-refractivity contribution in [2.45, 2.75) is 20.0 Å². The highest BCUT2D eigenvalue weighted by atomic mass is 32.1. The lowest BCUT2D eigenvalue weighted by molar-refractivity contribution is -0.137. The highest BCUT2D eigenvalue weighted by molar-refractivity contribution is 7.19. The minimum Gasteiger partial charge on any atom is -0.493 e. The number of halogens is 3. The number of aryl methyl sites for hydroxylation is 2. The smallest absolute Gasteiger partial charge is 0.416 e. The second kappa shape index (κ2) is 10.4. The van der Waals surface area contributed by atoms with Crippen molar-refractivity contribution in [2.75, 3.05) is 19.0 Å². The first kappa shape index (κ1) is 25.2. The Labute approximate surface area is 210 Å². The molecule has 5 nitrogen and oxygen atoms in total. The second-order valence-corrected chi connectivity index (χ2v) is 9.18. The van der Waals surface area contributed by atoms with Crippen molar-refractivity contribution < 1.29 is 27.4 Å². The van der Waals surface area contributed by atoms with E-state index < -0.39 is 24.3 Å². The van der Waals surface area contributed by atoms with Crippen LogP contribution in [0.25, 0.3) is 22.4 Å². The van der Waals surface area contributed by atoms with E-state index in [4.69, 9.17) is 9.47 Å². The average molecular weight is 513 g/mol. The number of methoxy groups -OCH3 is 1. The van der Waals surface area contributed by atoms with Crippen LogP contribution in [-0.4, -0.2) is 24.6 Å². The van der Waals surface area contributed by atoms with E-state index in [-0.39, 0.29) is 5.69 Å². The molecule has 4 aromatic rings. The molecule has 0 spiro atoms. The normalized spacial score (nSPS) is 11.7. The molecule has 0 aliphatic rings. The topological polar surface area (TPSA) is 60.5 Å². The highest BCUT2D eigenvalue weighted by Gasteiger charge is 2.30. The third kappa shape index (κ3) is 6.04. The quantitative estimate of drug-likeness (QED) is 0.286. The molecule has 0 bridgehead atoms. The summed E-state index contributed by atoms with van der Waals surface area (Å²) in [6.07, 6.45) is -0.664. The number of hydrogen-bond acceptors (Lipinski definition) is 5. The fourth-order valence-electron chi connectivity index (χ4n) is 3.46. The Morgan fingerprint density at radius 3 is 2.56 bits per heavy atom. The zero-order chi connectivity index (χ0) is 25.9. The predicted octanol–water partition coefficient (Wildman–Crippen LogP) is 7.13.